The van der Waals surface area contributed by atoms with Gasteiger partial charge in [0.2, 0.25) is 0 Å². The Morgan fingerprint density at radius 1 is 1.09 bits per heavy atom. The van der Waals surface area contributed by atoms with Crippen molar-refractivity contribution in [3.63, 3.8) is 0 Å². The Kier molecular flexibility index (Phi) is 0.651. The Balaban J connectivity index is 1.72. The van der Waals surface area contributed by atoms with E-state index in [1.165, 1.54) is 19.3 Å². The molecule has 0 bridgehead atoms. The molecule has 4 rings (SSSR count). The summed E-state index contributed by atoms with van der Waals surface area (Å²) in [5.41, 5.74) is -0.119. The molecule has 60 valence electrons. The monoisotopic (exact) mass is 150 g/mol. The third-order valence-electron chi connectivity index (χ3n) is 5.29. The van der Waals surface area contributed by atoms with Gasteiger partial charge in [0, 0.05) is 0 Å². The molecular weight excluding hydrogens is 136 g/mol. The van der Waals surface area contributed by atoms with E-state index < -0.39 is 0 Å². The molecule has 0 aromatic carbocycles. The van der Waals surface area contributed by atoms with Gasteiger partial charge in [-0.25, -0.2) is 0 Å². The zero-order valence-corrected chi connectivity index (χ0v) is 6.66. The predicted octanol–water partition coefficient (Wildman–Crippen LogP) is 1.41. The van der Waals surface area contributed by atoms with Crippen LogP contribution >= 0.6 is 0 Å². The molecule has 0 aliphatic heterocycles. The fourth-order valence-electron chi connectivity index (χ4n) is 4.56. The lowest BCUT2D eigenvalue weighted by atomic mass is 9.26. The van der Waals surface area contributed by atoms with Gasteiger partial charge in [-0.3, -0.25) is 0 Å². The summed E-state index contributed by atoms with van der Waals surface area (Å²) in [5.74, 6) is 4.58. The molecule has 4 aliphatic rings. The van der Waals surface area contributed by atoms with E-state index in [-0.39, 0.29) is 5.60 Å². The van der Waals surface area contributed by atoms with Crippen molar-refractivity contribution in [2.75, 3.05) is 0 Å². The molecule has 6 atom stereocenters. The summed E-state index contributed by atoms with van der Waals surface area (Å²) in [6, 6.07) is 0. The Morgan fingerprint density at radius 2 is 1.91 bits per heavy atom. The van der Waals surface area contributed by atoms with Gasteiger partial charge in [-0.1, -0.05) is 0 Å². The van der Waals surface area contributed by atoms with Crippen LogP contribution in [-0.4, -0.2) is 10.7 Å². The highest BCUT2D eigenvalue weighted by Gasteiger charge is 2.78. The quantitative estimate of drug-likeness (QED) is 0.553. The number of rotatable bonds is 0. The van der Waals surface area contributed by atoms with E-state index in [2.05, 4.69) is 0 Å². The average molecular weight is 150 g/mol. The minimum atomic E-state index is -0.119. The molecule has 1 nitrogen and oxygen atoms in total. The molecular formula is C10H14O. The van der Waals surface area contributed by atoms with Gasteiger partial charge in [-0.05, 0) is 55.3 Å². The summed E-state index contributed by atoms with van der Waals surface area (Å²) >= 11 is 0. The molecule has 0 saturated heterocycles. The van der Waals surface area contributed by atoms with E-state index in [4.69, 9.17) is 0 Å². The van der Waals surface area contributed by atoms with Crippen molar-refractivity contribution in [1.29, 1.82) is 0 Å². The first-order chi connectivity index (χ1) is 5.32. The van der Waals surface area contributed by atoms with Crippen molar-refractivity contribution in [3.05, 3.63) is 0 Å². The van der Waals surface area contributed by atoms with Gasteiger partial charge in [-0.2, -0.15) is 0 Å². The van der Waals surface area contributed by atoms with Gasteiger partial charge in [0.05, 0.1) is 5.60 Å². The minimum Gasteiger partial charge on any atom is -0.389 e. The molecule has 6 unspecified atom stereocenters. The van der Waals surface area contributed by atoms with Crippen LogP contribution in [-0.2, 0) is 0 Å². The lowest BCUT2D eigenvalue weighted by Gasteiger charge is -2.80. The van der Waals surface area contributed by atoms with Gasteiger partial charge < -0.3 is 5.11 Å². The van der Waals surface area contributed by atoms with Crippen molar-refractivity contribution < 1.29 is 5.11 Å². The summed E-state index contributed by atoms with van der Waals surface area (Å²) in [6.45, 7) is 0. The minimum absolute atomic E-state index is 0.119. The van der Waals surface area contributed by atoms with Crippen LogP contribution in [0.5, 0.6) is 0 Å². The molecule has 4 saturated carbocycles. The highest BCUT2D eigenvalue weighted by atomic mass is 16.3. The highest BCUT2D eigenvalue weighted by molar-refractivity contribution is 5.26. The summed E-state index contributed by atoms with van der Waals surface area (Å²) in [7, 11) is 0. The Bertz CT molecular complexity index is 237. The summed E-state index contributed by atoms with van der Waals surface area (Å²) in [4.78, 5) is 0. The molecule has 0 aromatic rings. The van der Waals surface area contributed by atoms with Crippen LogP contribution in [0.4, 0.5) is 0 Å². The van der Waals surface area contributed by atoms with E-state index in [0.29, 0.717) is 0 Å². The maximum Gasteiger partial charge on any atom is 0.0712 e. The summed E-state index contributed by atoms with van der Waals surface area (Å²) in [6.07, 6.45) is 5.38. The van der Waals surface area contributed by atoms with Gasteiger partial charge in [0.15, 0.2) is 0 Å². The van der Waals surface area contributed by atoms with Crippen LogP contribution in [0.15, 0.2) is 0 Å². The first kappa shape index (κ1) is 5.58. The third kappa shape index (κ3) is 0.342. The molecule has 1 heteroatoms. The van der Waals surface area contributed by atoms with Crippen molar-refractivity contribution in [1.82, 2.24) is 0 Å². The van der Waals surface area contributed by atoms with E-state index in [1.807, 2.05) is 0 Å². The SMILES string of the molecule is OC12CCC1C1C3CCC3C12. The first-order valence-corrected chi connectivity index (χ1v) is 5.05. The number of fused-ring (bicyclic) bond motifs is 7. The Labute approximate surface area is 66.8 Å². The fourth-order valence-corrected chi connectivity index (χ4v) is 4.56. The van der Waals surface area contributed by atoms with Crippen LogP contribution in [0, 0.1) is 29.6 Å². The molecule has 0 heterocycles. The Morgan fingerprint density at radius 3 is 2.36 bits per heavy atom. The van der Waals surface area contributed by atoms with Crippen LogP contribution in [0.1, 0.15) is 25.7 Å². The lowest BCUT2D eigenvalue weighted by Crippen LogP contribution is -2.81. The van der Waals surface area contributed by atoms with E-state index in [1.54, 1.807) is 0 Å². The van der Waals surface area contributed by atoms with Crippen LogP contribution in [0.3, 0.4) is 0 Å². The first-order valence-electron chi connectivity index (χ1n) is 5.05. The van der Waals surface area contributed by atoms with E-state index in [9.17, 15) is 5.11 Å². The van der Waals surface area contributed by atoms with Crippen LogP contribution in [0.2, 0.25) is 0 Å². The normalized spacial score (nSPS) is 75.5. The second kappa shape index (κ2) is 1.28. The third-order valence-corrected chi connectivity index (χ3v) is 5.29. The van der Waals surface area contributed by atoms with E-state index >= 15 is 0 Å². The highest BCUT2D eigenvalue weighted by Crippen LogP contribution is 2.78. The van der Waals surface area contributed by atoms with Gasteiger partial charge in [0.25, 0.3) is 0 Å². The van der Waals surface area contributed by atoms with E-state index in [0.717, 1.165) is 36.0 Å². The maximum atomic E-state index is 10.1. The smallest absolute Gasteiger partial charge is 0.0712 e. The van der Waals surface area contributed by atoms with Crippen molar-refractivity contribution in [3.8, 4) is 0 Å². The molecule has 11 heavy (non-hydrogen) atoms. The average Bonchev–Trinajstić information content (AvgIpc) is 1.94. The molecule has 0 spiro atoms. The molecule has 0 amide bonds. The van der Waals surface area contributed by atoms with Crippen LogP contribution < -0.4 is 0 Å². The standard InChI is InChI=1S/C10H14O/c11-10-4-3-7(10)8-5-1-2-6(5)9(8)10/h5-9,11H,1-4H2. The van der Waals surface area contributed by atoms with Crippen LogP contribution in [0.25, 0.3) is 0 Å². The topological polar surface area (TPSA) is 20.2 Å². The number of hydrogen-bond donors (Lipinski definition) is 1. The van der Waals surface area contributed by atoms with Gasteiger partial charge >= 0.3 is 0 Å². The number of hydrogen-bond acceptors (Lipinski definition) is 1. The second-order valence-corrected chi connectivity index (χ2v) is 5.14. The molecule has 4 fully saturated rings. The summed E-state index contributed by atoms with van der Waals surface area (Å²) in [5, 5.41) is 10.1. The maximum absolute atomic E-state index is 10.1. The van der Waals surface area contributed by atoms with Crippen molar-refractivity contribution >= 4 is 0 Å². The Hall–Kier alpha value is -0.0400. The molecule has 0 aromatic heterocycles. The number of aliphatic hydroxyl groups is 1. The molecule has 1 N–H and O–H groups in total. The molecule has 0 radical (unpaired) electrons. The zero-order valence-electron chi connectivity index (χ0n) is 6.66. The van der Waals surface area contributed by atoms with Gasteiger partial charge in [0.1, 0.15) is 0 Å². The lowest BCUT2D eigenvalue weighted by molar-refractivity contribution is -0.371. The summed E-state index contributed by atoms with van der Waals surface area (Å²) < 4.78 is 0. The zero-order chi connectivity index (χ0) is 7.22. The predicted molar refractivity (Wildman–Crippen MR) is 40.9 cm³/mol. The second-order valence-electron chi connectivity index (χ2n) is 5.14. The fraction of sp³-hybridized carbons (Fsp3) is 1.00. The molecule has 4 aliphatic carbocycles. The van der Waals surface area contributed by atoms with Gasteiger partial charge in [-0.15, -0.1) is 0 Å². The largest absolute Gasteiger partial charge is 0.389 e. The van der Waals surface area contributed by atoms with Crippen molar-refractivity contribution in [2.24, 2.45) is 29.6 Å². The van der Waals surface area contributed by atoms with Crippen molar-refractivity contribution in [2.45, 2.75) is 31.3 Å².